The minimum atomic E-state index is 0. The molecule has 0 spiro atoms. The van der Waals surface area contributed by atoms with Gasteiger partial charge in [-0.3, -0.25) is 4.90 Å². The quantitative estimate of drug-likeness (QED) is 0.695. The highest BCUT2D eigenvalue weighted by atomic mass is 35.5. The Bertz CT molecular complexity index is 443. The number of methoxy groups -OCH3 is 1. The number of rotatable bonds is 7. The van der Waals surface area contributed by atoms with Crippen molar-refractivity contribution in [2.45, 2.75) is 64.8 Å². The van der Waals surface area contributed by atoms with Crippen LogP contribution in [0.3, 0.4) is 0 Å². The van der Waals surface area contributed by atoms with Crippen LogP contribution in [-0.4, -0.2) is 31.1 Å². The lowest BCUT2D eigenvalue weighted by Gasteiger charge is -2.41. The van der Waals surface area contributed by atoms with E-state index in [4.69, 9.17) is 4.74 Å². The average molecular weight is 326 g/mol. The van der Waals surface area contributed by atoms with Gasteiger partial charge in [-0.1, -0.05) is 32.9 Å². The lowest BCUT2D eigenvalue weighted by atomic mass is 9.76. The number of hydrogen-bond donors (Lipinski definition) is 0. The zero-order chi connectivity index (χ0) is 15.2. The molecular formula is C19H32ClNO. The Kier molecular flexibility index (Phi) is 8.27. The second kappa shape index (κ2) is 9.42. The Morgan fingerprint density at radius 2 is 1.82 bits per heavy atom. The van der Waals surface area contributed by atoms with Crippen LogP contribution in [0.5, 0.6) is 5.75 Å². The van der Waals surface area contributed by atoms with Gasteiger partial charge in [0.25, 0.3) is 0 Å². The molecule has 0 amide bonds. The van der Waals surface area contributed by atoms with Crippen molar-refractivity contribution in [1.82, 2.24) is 4.90 Å². The smallest absolute Gasteiger partial charge is 0.122 e. The molecule has 1 aliphatic carbocycles. The van der Waals surface area contributed by atoms with Crippen LogP contribution in [0.15, 0.2) is 18.2 Å². The lowest BCUT2D eigenvalue weighted by molar-refractivity contribution is 0.151. The summed E-state index contributed by atoms with van der Waals surface area (Å²) in [6.07, 6.45) is 6.14. The molecule has 1 aliphatic rings. The SMILES string of the molecule is CCCN(CCC)[C@H]1CCc2c(OC)cccc2[C@H]1CC.Cl. The molecule has 0 saturated carbocycles. The van der Waals surface area contributed by atoms with E-state index in [-0.39, 0.29) is 12.4 Å². The number of benzene rings is 1. The molecule has 1 aromatic rings. The van der Waals surface area contributed by atoms with Crippen molar-refractivity contribution < 1.29 is 4.74 Å². The van der Waals surface area contributed by atoms with Gasteiger partial charge in [-0.25, -0.2) is 0 Å². The first kappa shape index (κ1) is 19.3. The average Bonchev–Trinajstić information content (AvgIpc) is 2.52. The number of hydrogen-bond acceptors (Lipinski definition) is 2. The van der Waals surface area contributed by atoms with E-state index in [9.17, 15) is 0 Å². The predicted molar refractivity (Wildman–Crippen MR) is 97.5 cm³/mol. The van der Waals surface area contributed by atoms with Crippen molar-refractivity contribution in [3.8, 4) is 5.75 Å². The molecule has 1 aromatic carbocycles. The fourth-order valence-electron chi connectivity index (χ4n) is 4.04. The largest absolute Gasteiger partial charge is 0.496 e. The molecule has 0 fully saturated rings. The zero-order valence-corrected chi connectivity index (χ0v) is 15.4. The van der Waals surface area contributed by atoms with Gasteiger partial charge >= 0.3 is 0 Å². The third kappa shape index (κ3) is 3.97. The van der Waals surface area contributed by atoms with Gasteiger partial charge in [0.15, 0.2) is 0 Å². The van der Waals surface area contributed by atoms with E-state index >= 15 is 0 Å². The molecule has 2 atom stereocenters. The van der Waals surface area contributed by atoms with E-state index in [1.165, 1.54) is 49.9 Å². The van der Waals surface area contributed by atoms with Gasteiger partial charge < -0.3 is 4.74 Å². The van der Waals surface area contributed by atoms with Gasteiger partial charge in [-0.2, -0.15) is 0 Å². The highest BCUT2D eigenvalue weighted by molar-refractivity contribution is 5.85. The Morgan fingerprint density at radius 3 is 2.36 bits per heavy atom. The maximum Gasteiger partial charge on any atom is 0.122 e. The van der Waals surface area contributed by atoms with Crippen LogP contribution in [0.2, 0.25) is 0 Å². The van der Waals surface area contributed by atoms with Gasteiger partial charge in [-0.05, 0) is 68.3 Å². The standard InChI is InChI=1S/C19H31NO.ClH/c1-5-13-20(14-6-2)18-12-11-17-16(15(18)7-3)9-8-10-19(17)21-4;/h8-10,15,18H,5-7,11-14H2,1-4H3;1H/t15-,18+;/m1./s1. The summed E-state index contributed by atoms with van der Waals surface area (Å²) in [5.74, 6) is 1.74. The van der Waals surface area contributed by atoms with Crippen molar-refractivity contribution in [2.75, 3.05) is 20.2 Å². The first-order valence-electron chi connectivity index (χ1n) is 8.66. The number of halogens is 1. The normalized spacial score (nSPS) is 20.4. The Balaban J connectivity index is 0.00000242. The van der Waals surface area contributed by atoms with Crippen LogP contribution < -0.4 is 4.74 Å². The predicted octanol–water partition coefficient (Wildman–Crippen LogP) is 5.05. The zero-order valence-electron chi connectivity index (χ0n) is 14.6. The Morgan fingerprint density at radius 1 is 1.14 bits per heavy atom. The molecule has 0 unspecified atom stereocenters. The monoisotopic (exact) mass is 325 g/mol. The molecule has 0 radical (unpaired) electrons. The summed E-state index contributed by atoms with van der Waals surface area (Å²) in [5, 5.41) is 0. The summed E-state index contributed by atoms with van der Waals surface area (Å²) in [5.41, 5.74) is 2.99. The first-order valence-corrected chi connectivity index (χ1v) is 8.66. The number of fused-ring (bicyclic) bond motifs is 1. The molecule has 0 heterocycles. The molecule has 2 rings (SSSR count). The molecule has 2 nitrogen and oxygen atoms in total. The highest BCUT2D eigenvalue weighted by Gasteiger charge is 2.33. The second-order valence-electron chi connectivity index (χ2n) is 6.18. The minimum Gasteiger partial charge on any atom is -0.496 e. The molecule has 0 aliphatic heterocycles. The topological polar surface area (TPSA) is 12.5 Å². The summed E-state index contributed by atoms with van der Waals surface area (Å²) in [6, 6.07) is 7.30. The van der Waals surface area contributed by atoms with E-state index in [1.54, 1.807) is 7.11 Å². The summed E-state index contributed by atoms with van der Waals surface area (Å²) >= 11 is 0. The molecule has 22 heavy (non-hydrogen) atoms. The van der Waals surface area contributed by atoms with E-state index in [2.05, 4.69) is 43.9 Å². The van der Waals surface area contributed by atoms with Crippen molar-refractivity contribution in [3.05, 3.63) is 29.3 Å². The molecule has 0 N–H and O–H groups in total. The van der Waals surface area contributed by atoms with Crippen LogP contribution in [0, 0.1) is 0 Å². The first-order chi connectivity index (χ1) is 10.3. The number of nitrogens with zero attached hydrogens (tertiary/aromatic N) is 1. The van der Waals surface area contributed by atoms with Crippen LogP contribution in [0.1, 0.15) is 63.5 Å². The molecule has 3 heteroatoms. The van der Waals surface area contributed by atoms with Gasteiger partial charge in [-0.15, -0.1) is 12.4 Å². The maximum atomic E-state index is 5.58. The summed E-state index contributed by atoms with van der Waals surface area (Å²) in [7, 11) is 1.79. The van der Waals surface area contributed by atoms with Gasteiger partial charge in [0, 0.05) is 6.04 Å². The molecule has 0 saturated heterocycles. The fourth-order valence-corrected chi connectivity index (χ4v) is 4.04. The molecular weight excluding hydrogens is 294 g/mol. The van der Waals surface area contributed by atoms with Gasteiger partial charge in [0.1, 0.15) is 5.75 Å². The van der Waals surface area contributed by atoms with Crippen LogP contribution >= 0.6 is 12.4 Å². The second-order valence-corrected chi connectivity index (χ2v) is 6.18. The molecule has 126 valence electrons. The van der Waals surface area contributed by atoms with Crippen molar-refractivity contribution in [3.63, 3.8) is 0 Å². The Hall–Kier alpha value is -0.730. The lowest BCUT2D eigenvalue weighted by Crippen LogP contribution is -2.43. The minimum absolute atomic E-state index is 0. The van der Waals surface area contributed by atoms with E-state index in [1.807, 2.05) is 0 Å². The van der Waals surface area contributed by atoms with Crippen LogP contribution in [0.4, 0.5) is 0 Å². The van der Waals surface area contributed by atoms with Crippen LogP contribution in [-0.2, 0) is 6.42 Å². The van der Waals surface area contributed by atoms with E-state index in [0.717, 1.165) is 12.2 Å². The third-order valence-electron chi connectivity index (χ3n) is 4.87. The summed E-state index contributed by atoms with van der Waals surface area (Å²) < 4.78 is 5.58. The van der Waals surface area contributed by atoms with E-state index in [0.29, 0.717) is 12.0 Å². The maximum absolute atomic E-state index is 5.58. The Labute approximate surface area is 142 Å². The van der Waals surface area contributed by atoms with Crippen molar-refractivity contribution >= 4 is 12.4 Å². The van der Waals surface area contributed by atoms with Gasteiger partial charge in [0.2, 0.25) is 0 Å². The summed E-state index contributed by atoms with van der Waals surface area (Å²) in [6.45, 7) is 9.39. The van der Waals surface area contributed by atoms with Crippen molar-refractivity contribution in [1.29, 1.82) is 0 Å². The molecule has 0 bridgehead atoms. The van der Waals surface area contributed by atoms with Crippen molar-refractivity contribution in [2.24, 2.45) is 0 Å². The van der Waals surface area contributed by atoms with Gasteiger partial charge in [0.05, 0.1) is 7.11 Å². The van der Waals surface area contributed by atoms with Crippen LogP contribution in [0.25, 0.3) is 0 Å². The molecule has 0 aromatic heterocycles. The summed E-state index contributed by atoms with van der Waals surface area (Å²) in [4.78, 5) is 2.73. The third-order valence-corrected chi connectivity index (χ3v) is 4.87. The highest BCUT2D eigenvalue weighted by Crippen LogP contribution is 2.40. The van der Waals surface area contributed by atoms with E-state index < -0.39 is 0 Å². The fraction of sp³-hybridized carbons (Fsp3) is 0.684. The number of ether oxygens (including phenoxy) is 1.